The molecule has 0 N–H and O–H groups in total. The van der Waals surface area contributed by atoms with Crippen LogP contribution in [0.15, 0.2) is 0 Å². The van der Waals surface area contributed by atoms with E-state index in [1.165, 1.54) is 32.1 Å². The summed E-state index contributed by atoms with van der Waals surface area (Å²) in [6.45, 7) is 7.26. The van der Waals surface area contributed by atoms with Crippen LogP contribution in [0.5, 0.6) is 0 Å². The van der Waals surface area contributed by atoms with Crippen LogP contribution in [-0.2, 0) is 0 Å². The third kappa shape index (κ3) is 2.24. The molecule has 2 fully saturated rings. The van der Waals surface area contributed by atoms with Crippen LogP contribution >= 0.6 is 0 Å². The number of rotatable bonds is 5. The Labute approximate surface area is 95.8 Å². The molecule has 0 heterocycles. The van der Waals surface area contributed by atoms with Gasteiger partial charge in [0.25, 0.3) is 0 Å². The number of hydrogen-bond acceptors (Lipinski definition) is 0. The van der Waals surface area contributed by atoms with Crippen LogP contribution in [0.3, 0.4) is 0 Å². The Morgan fingerprint density at radius 3 is 2.33 bits per heavy atom. The van der Waals surface area contributed by atoms with Gasteiger partial charge in [-0.2, -0.15) is 0 Å². The molecule has 0 aromatic rings. The molecule has 2 rings (SSSR count). The van der Waals surface area contributed by atoms with Gasteiger partial charge in [-0.25, -0.2) is 0 Å². The van der Waals surface area contributed by atoms with Gasteiger partial charge in [0, 0.05) is 0 Å². The molecule has 3 unspecified atom stereocenters. The van der Waals surface area contributed by atoms with Crippen molar-refractivity contribution < 1.29 is 0 Å². The summed E-state index contributed by atoms with van der Waals surface area (Å²) in [5.41, 5.74) is 0.819. The summed E-state index contributed by atoms with van der Waals surface area (Å²) in [6.07, 6.45) is 12.1. The number of hydrogen-bond donors (Lipinski definition) is 0. The standard InChI is InChI=1S/C15H28/c1-4-12(2)9-10-15(11-13(15)3)14-7-5-6-8-14/h12-14H,4-11H2,1-3H3. The van der Waals surface area contributed by atoms with E-state index >= 15 is 0 Å². The first-order valence-electron chi connectivity index (χ1n) is 7.19. The van der Waals surface area contributed by atoms with Gasteiger partial charge in [-0.15, -0.1) is 0 Å². The van der Waals surface area contributed by atoms with Crippen molar-refractivity contribution in [3.05, 3.63) is 0 Å². The van der Waals surface area contributed by atoms with Crippen molar-refractivity contribution in [1.82, 2.24) is 0 Å². The summed E-state index contributed by atoms with van der Waals surface area (Å²) in [5.74, 6) is 3.11. The molecule has 88 valence electrons. The third-order valence-electron chi connectivity index (χ3n) is 5.48. The van der Waals surface area contributed by atoms with E-state index in [-0.39, 0.29) is 0 Å². The fraction of sp³-hybridized carbons (Fsp3) is 1.00. The lowest BCUT2D eigenvalue weighted by molar-refractivity contribution is 0.247. The summed E-state index contributed by atoms with van der Waals surface area (Å²) >= 11 is 0. The first-order chi connectivity index (χ1) is 7.19. The average Bonchev–Trinajstić information content (AvgIpc) is 2.72. The summed E-state index contributed by atoms with van der Waals surface area (Å²) in [5, 5.41) is 0. The predicted molar refractivity (Wildman–Crippen MR) is 66.9 cm³/mol. The summed E-state index contributed by atoms with van der Waals surface area (Å²) in [7, 11) is 0. The Bertz CT molecular complexity index is 202. The van der Waals surface area contributed by atoms with Crippen LogP contribution < -0.4 is 0 Å². The lowest BCUT2D eigenvalue weighted by Gasteiger charge is -2.25. The zero-order chi connectivity index (χ0) is 10.9. The molecule has 15 heavy (non-hydrogen) atoms. The smallest absolute Gasteiger partial charge is 0.0240 e. The molecular formula is C15H28. The highest BCUT2D eigenvalue weighted by molar-refractivity contribution is 5.04. The molecule has 2 aliphatic rings. The monoisotopic (exact) mass is 208 g/mol. The summed E-state index contributed by atoms with van der Waals surface area (Å²) in [4.78, 5) is 0. The lowest BCUT2D eigenvalue weighted by Crippen LogP contribution is -2.16. The van der Waals surface area contributed by atoms with E-state index < -0.39 is 0 Å². The summed E-state index contributed by atoms with van der Waals surface area (Å²) < 4.78 is 0. The van der Waals surface area contributed by atoms with Crippen LogP contribution in [0.25, 0.3) is 0 Å². The van der Waals surface area contributed by atoms with E-state index in [0.717, 1.165) is 23.2 Å². The molecule has 0 aliphatic heterocycles. The highest BCUT2D eigenvalue weighted by Gasteiger charge is 2.55. The van der Waals surface area contributed by atoms with Crippen LogP contribution in [0.2, 0.25) is 0 Å². The largest absolute Gasteiger partial charge is 0.0651 e. The molecule has 0 heteroatoms. The van der Waals surface area contributed by atoms with Gasteiger partial charge in [0.05, 0.1) is 0 Å². The van der Waals surface area contributed by atoms with Gasteiger partial charge < -0.3 is 0 Å². The van der Waals surface area contributed by atoms with Gasteiger partial charge in [0.1, 0.15) is 0 Å². The maximum atomic E-state index is 2.49. The molecule has 0 radical (unpaired) electrons. The highest BCUT2D eigenvalue weighted by Crippen LogP contribution is 2.64. The van der Waals surface area contributed by atoms with E-state index in [4.69, 9.17) is 0 Å². The molecule has 3 atom stereocenters. The van der Waals surface area contributed by atoms with E-state index in [1.807, 2.05) is 0 Å². The molecule has 0 saturated heterocycles. The van der Waals surface area contributed by atoms with Crippen molar-refractivity contribution in [2.45, 2.75) is 72.1 Å². The molecule has 2 saturated carbocycles. The van der Waals surface area contributed by atoms with Crippen molar-refractivity contribution >= 4 is 0 Å². The SMILES string of the molecule is CCC(C)CCC1(C2CCCC2)CC1C. The van der Waals surface area contributed by atoms with Crippen LogP contribution in [0.1, 0.15) is 72.1 Å². The van der Waals surface area contributed by atoms with Gasteiger partial charge in [-0.3, -0.25) is 0 Å². The molecule has 0 aromatic heterocycles. The second kappa shape index (κ2) is 4.47. The second-order valence-corrected chi connectivity index (χ2v) is 6.37. The Morgan fingerprint density at radius 2 is 1.87 bits per heavy atom. The van der Waals surface area contributed by atoms with Crippen LogP contribution in [-0.4, -0.2) is 0 Å². The Kier molecular flexibility index (Phi) is 3.42. The average molecular weight is 208 g/mol. The minimum atomic E-state index is 0.819. The quantitative estimate of drug-likeness (QED) is 0.594. The van der Waals surface area contributed by atoms with Crippen molar-refractivity contribution in [1.29, 1.82) is 0 Å². The van der Waals surface area contributed by atoms with Crippen molar-refractivity contribution in [3.63, 3.8) is 0 Å². The van der Waals surface area contributed by atoms with Gasteiger partial charge in [0.15, 0.2) is 0 Å². The maximum Gasteiger partial charge on any atom is -0.0240 e. The third-order valence-corrected chi connectivity index (χ3v) is 5.48. The fourth-order valence-corrected chi connectivity index (χ4v) is 3.85. The first-order valence-corrected chi connectivity index (χ1v) is 7.19. The zero-order valence-corrected chi connectivity index (χ0v) is 10.9. The van der Waals surface area contributed by atoms with Crippen molar-refractivity contribution in [3.8, 4) is 0 Å². The minimum Gasteiger partial charge on any atom is -0.0651 e. The van der Waals surface area contributed by atoms with Gasteiger partial charge >= 0.3 is 0 Å². The highest BCUT2D eigenvalue weighted by atomic mass is 14.6. The molecule has 2 aliphatic carbocycles. The lowest BCUT2D eigenvalue weighted by atomic mass is 9.80. The molecule has 0 nitrogen and oxygen atoms in total. The normalized spacial score (nSPS) is 38.2. The molecule has 0 bridgehead atoms. The Hall–Kier alpha value is 0. The first kappa shape index (κ1) is 11.5. The van der Waals surface area contributed by atoms with Crippen LogP contribution in [0.4, 0.5) is 0 Å². The fourth-order valence-electron chi connectivity index (χ4n) is 3.85. The van der Waals surface area contributed by atoms with Gasteiger partial charge in [0.2, 0.25) is 0 Å². The molecule has 0 spiro atoms. The van der Waals surface area contributed by atoms with Gasteiger partial charge in [-0.1, -0.05) is 46.5 Å². The van der Waals surface area contributed by atoms with E-state index in [9.17, 15) is 0 Å². The topological polar surface area (TPSA) is 0 Å². The van der Waals surface area contributed by atoms with Crippen LogP contribution in [0, 0.1) is 23.2 Å². The van der Waals surface area contributed by atoms with Crippen molar-refractivity contribution in [2.75, 3.05) is 0 Å². The Balaban J connectivity index is 1.86. The van der Waals surface area contributed by atoms with E-state index in [1.54, 1.807) is 19.3 Å². The minimum absolute atomic E-state index is 0.819. The maximum absolute atomic E-state index is 2.49. The van der Waals surface area contributed by atoms with Gasteiger partial charge in [-0.05, 0) is 48.9 Å². The van der Waals surface area contributed by atoms with Crippen molar-refractivity contribution in [2.24, 2.45) is 23.2 Å². The molecule has 0 aromatic carbocycles. The Morgan fingerprint density at radius 1 is 1.27 bits per heavy atom. The van der Waals surface area contributed by atoms with E-state index in [0.29, 0.717) is 0 Å². The molecular weight excluding hydrogens is 180 g/mol. The second-order valence-electron chi connectivity index (χ2n) is 6.37. The molecule has 0 amide bonds. The summed E-state index contributed by atoms with van der Waals surface area (Å²) in [6, 6.07) is 0. The predicted octanol–water partition coefficient (Wildman–Crippen LogP) is 5.03. The zero-order valence-electron chi connectivity index (χ0n) is 10.9. The van der Waals surface area contributed by atoms with E-state index in [2.05, 4.69) is 20.8 Å².